The zero-order valence-electron chi connectivity index (χ0n) is 8.45. The molecule has 0 spiro atoms. The highest BCUT2D eigenvalue weighted by Crippen LogP contribution is 2.23. The third-order valence-electron chi connectivity index (χ3n) is 3.40. The highest BCUT2D eigenvalue weighted by molar-refractivity contribution is 5.01. The molecule has 0 amide bonds. The van der Waals surface area contributed by atoms with Crippen molar-refractivity contribution in [1.29, 1.82) is 0 Å². The number of likely N-dealkylation sites (tertiary alicyclic amines) is 1. The second kappa shape index (κ2) is 3.81. The van der Waals surface area contributed by atoms with Crippen LogP contribution in [0.1, 0.15) is 26.2 Å². The number of nitrogens with zero attached hydrogens (tertiary/aromatic N) is 1. The average Bonchev–Trinajstić information content (AvgIpc) is 2.49. The molecule has 1 saturated heterocycles. The summed E-state index contributed by atoms with van der Waals surface area (Å²) in [6.07, 6.45) is 8.64. The van der Waals surface area contributed by atoms with E-state index in [0.29, 0.717) is 18.0 Å². The smallest absolute Gasteiger partial charge is 0.0279 e. The minimum absolute atomic E-state index is 0.398. The van der Waals surface area contributed by atoms with Gasteiger partial charge in [-0.15, -0.1) is 0 Å². The highest BCUT2D eigenvalue weighted by atomic mass is 15.2. The molecule has 2 rings (SSSR count). The summed E-state index contributed by atoms with van der Waals surface area (Å²) < 4.78 is 0. The minimum atomic E-state index is 0.398. The molecular formula is C11H20N2. The molecule has 1 aliphatic carbocycles. The fourth-order valence-corrected chi connectivity index (χ4v) is 2.40. The summed E-state index contributed by atoms with van der Waals surface area (Å²) in [7, 11) is 0. The van der Waals surface area contributed by atoms with Crippen molar-refractivity contribution in [2.45, 2.75) is 38.3 Å². The summed E-state index contributed by atoms with van der Waals surface area (Å²) in [5, 5.41) is 0. The Balaban J connectivity index is 1.94. The molecule has 0 radical (unpaired) electrons. The lowest BCUT2D eigenvalue weighted by molar-refractivity contribution is 0.254. The number of nitrogens with two attached hydrogens (primary N) is 1. The van der Waals surface area contributed by atoms with Crippen molar-refractivity contribution < 1.29 is 0 Å². The van der Waals surface area contributed by atoms with Crippen molar-refractivity contribution >= 4 is 0 Å². The second-order valence-electron chi connectivity index (χ2n) is 4.52. The Morgan fingerprint density at radius 1 is 1.38 bits per heavy atom. The number of hydrogen-bond donors (Lipinski definition) is 1. The Bertz CT molecular complexity index is 190. The van der Waals surface area contributed by atoms with E-state index in [-0.39, 0.29) is 0 Å². The predicted molar refractivity (Wildman–Crippen MR) is 55.5 cm³/mol. The van der Waals surface area contributed by atoms with Gasteiger partial charge in [0.05, 0.1) is 0 Å². The average molecular weight is 180 g/mol. The molecule has 0 saturated carbocycles. The zero-order valence-corrected chi connectivity index (χ0v) is 8.45. The lowest BCUT2D eigenvalue weighted by Gasteiger charge is -2.27. The molecule has 2 aliphatic rings. The van der Waals surface area contributed by atoms with Gasteiger partial charge < -0.3 is 5.73 Å². The first-order valence-electron chi connectivity index (χ1n) is 5.43. The van der Waals surface area contributed by atoms with Gasteiger partial charge in [-0.25, -0.2) is 0 Å². The van der Waals surface area contributed by atoms with Crippen LogP contribution in [0.25, 0.3) is 0 Å². The third kappa shape index (κ3) is 1.94. The van der Waals surface area contributed by atoms with Crippen LogP contribution in [0.15, 0.2) is 12.2 Å². The molecule has 0 aromatic carbocycles. The lowest BCUT2D eigenvalue weighted by Crippen LogP contribution is -2.35. The van der Waals surface area contributed by atoms with E-state index in [1.807, 2.05) is 0 Å². The van der Waals surface area contributed by atoms with E-state index in [9.17, 15) is 0 Å². The normalized spacial score (nSPS) is 41.2. The zero-order chi connectivity index (χ0) is 9.26. The Hall–Kier alpha value is -0.340. The van der Waals surface area contributed by atoms with Gasteiger partial charge in [-0.05, 0) is 25.2 Å². The first-order chi connectivity index (χ1) is 6.27. The molecule has 3 unspecified atom stereocenters. The fourth-order valence-electron chi connectivity index (χ4n) is 2.40. The topological polar surface area (TPSA) is 29.3 Å². The van der Waals surface area contributed by atoms with Crippen molar-refractivity contribution in [3.63, 3.8) is 0 Å². The van der Waals surface area contributed by atoms with Crippen LogP contribution in [0.5, 0.6) is 0 Å². The Kier molecular flexibility index (Phi) is 2.70. The molecule has 2 nitrogen and oxygen atoms in total. The van der Waals surface area contributed by atoms with E-state index >= 15 is 0 Å². The fraction of sp³-hybridized carbons (Fsp3) is 0.818. The van der Waals surface area contributed by atoms with E-state index in [0.717, 1.165) is 6.54 Å². The number of allylic oxidation sites excluding steroid dienone is 1. The molecule has 2 heteroatoms. The number of rotatable bonds is 1. The molecule has 0 bridgehead atoms. The Morgan fingerprint density at radius 3 is 2.77 bits per heavy atom. The van der Waals surface area contributed by atoms with Gasteiger partial charge in [0, 0.05) is 25.2 Å². The van der Waals surface area contributed by atoms with E-state index in [4.69, 9.17) is 5.73 Å². The second-order valence-corrected chi connectivity index (χ2v) is 4.52. The highest BCUT2D eigenvalue weighted by Gasteiger charge is 2.30. The summed E-state index contributed by atoms with van der Waals surface area (Å²) in [6, 6.07) is 1.08. The first-order valence-corrected chi connectivity index (χ1v) is 5.43. The molecular weight excluding hydrogens is 160 g/mol. The molecule has 74 valence electrons. The van der Waals surface area contributed by atoms with Crippen molar-refractivity contribution in [3.8, 4) is 0 Å². The van der Waals surface area contributed by atoms with Gasteiger partial charge in [-0.3, -0.25) is 4.90 Å². The summed E-state index contributed by atoms with van der Waals surface area (Å²) >= 11 is 0. The minimum Gasteiger partial charge on any atom is -0.326 e. The molecule has 1 heterocycles. The molecule has 13 heavy (non-hydrogen) atoms. The lowest BCUT2D eigenvalue weighted by atomic mass is 10.0. The van der Waals surface area contributed by atoms with Crippen LogP contribution in [0.4, 0.5) is 0 Å². The van der Waals surface area contributed by atoms with Crippen LogP contribution >= 0.6 is 0 Å². The van der Waals surface area contributed by atoms with Gasteiger partial charge in [0.25, 0.3) is 0 Å². The van der Waals surface area contributed by atoms with Crippen LogP contribution in [-0.4, -0.2) is 30.1 Å². The van der Waals surface area contributed by atoms with Crippen LogP contribution in [0.2, 0.25) is 0 Å². The quantitative estimate of drug-likeness (QED) is 0.618. The molecule has 0 aromatic rings. The van der Waals surface area contributed by atoms with Crippen LogP contribution in [-0.2, 0) is 0 Å². The standard InChI is InChI=1S/C11H20N2/c1-9-7-13(8-11(9)12)10-5-3-2-4-6-10/h3,5,9-11H,2,4,6-8,12H2,1H3. The maximum Gasteiger partial charge on any atom is 0.0279 e. The molecule has 0 aromatic heterocycles. The maximum atomic E-state index is 6.01. The summed E-state index contributed by atoms with van der Waals surface area (Å²) in [4.78, 5) is 2.55. The van der Waals surface area contributed by atoms with Crippen LogP contribution in [0, 0.1) is 5.92 Å². The summed E-state index contributed by atoms with van der Waals surface area (Å²) in [6.45, 7) is 4.55. The van der Waals surface area contributed by atoms with Crippen molar-refractivity contribution in [2.75, 3.05) is 13.1 Å². The molecule has 1 aliphatic heterocycles. The third-order valence-corrected chi connectivity index (χ3v) is 3.40. The van der Waals surface area contributed by atoms with Crippen molar-refractivity contribution in [2.24, 2.45) is 11.7 Å². The van der Waals surface area contributed by atoms with E-state index < -0.39 is 0 Å². The van der Waals surface area contributed by atoms with Crippen LogP contribution < -0.4 is 5.73 Å². The van der Waals surface area contributed by atoms with Gasteiger partial charge in [-0.2, -0.15) is 0 Å². The summed E-state index contributed by atoms with van der Waals surface area (Å²) in [5.74, 6) is 0.676. The van der Waals surface area contributed by atoms with Crippen molar-refractivity contribution in [1.82, 2.24) is 4.90 Å². The predicted octanol–water partition coefficient (Wildman–Crippen LogP) is 1.37. The maximum absolute atomic E-state index is 6.01. The Morgan fingerprint density at radius 2 is 2.23 bits per heavy atom. The number of hydrogen-bond acceptors (Lipinski definition) is 2. The van der Waals surface area contributed by atoms with E-state index in [1.165, 1.54) is 25.8 Å². The van der Waals surface area contributed by atoms with Gasteiger partial charge in [0.15, 0.2) is 0 Å². The van der Waals surface area contributed by atoms with Crippen molar-refractivity contribution in [3.05, 3.63) is 12.2 Å². The first kappa shape index (κ1) is 9.22. The monoisotopic (exact) mass is 180 g/mol. The van der Waals surface area contributed by atoms with Crippen LogP contribution in [0.3, 0.4) is 0 Å². The van der Waals surface area contributed by atoms with Gasteiger partial charge in [-0.1, -0.05) is 19.1 Å². The van der Waals surface area contributed by atoms with E-state index in [1.54, 1.807) is 0 Å². The van der Waals surface area contributed by atoms with Gasteiger partial charge in [0.1, 0.15) is 0 Å². The Labute approximate surface area is 80.8 Å². The SMILES string of the molecule is CC1CN(C2C=CCCC2)CC1N. The molecule has 1 fully saturated rings. The van der Waals surface area contributed by atoms with E-state index in [2.05, 4.69) is 24.0 Å². The largest absolute Gasteiger partial charge is 0.326 e. The molecule has 3 atom stereocenters. The molecule has 2 N–H and O–H groups in total. The summed E-state index contributed by atoms with van der Waals surface area (Å²) in [5.41, 5.74) is 6.01. The van der Waals surface area contributed by atoms with Gasteiger partial charge in [0.2, 0.25) is 0 Å². The van der Waals surface area contributed by atoms with Gasteiger partial charge >= 0.3 is 0 Å².